The van der Waals surface area contributed by atoms with Gasteiger partial charge < -0.3 is 15.0 Å². The third-order valence-electron chi connectivity index (χ3n) is 5.68. The van der Waals surface area contributed by atoms with Crippen LogP contribution in [0.4, 0.5) is 11.4 Å². The lowest BCUT2D eigenvalue weighted by molar-refractivity contribution is -0.122. The van der Waals surface area contributed by atoms with E-state index in [1.54, 1.807) is 17.0 Å². The van der Waals surface area contributed by atoms with Crippen LogP contribution in [0, 0.1) is 26.7 Å². The fourth-order valence-electron chi connectivity index (χ4n) is 3.62. The summed E-state index contributed by atoms with van der Waals surface area (Å²) in [6.07, 6.45) is 0.216. The number of hydrogen-bond acceptors (Lipinski definition) is 3. The van der Waals surface area contributed by atoms with Gasteiger partial charge in [0, 0.05) is 24.3 Å². The van der Waals surface area contributed by atoms with Gasteiger partial charge in [-0.25, -0.2) is 0 Å². The van der Waals surface area contributed by atoms with Crippen molar-refractivity contribution in [2.24, 2.45) is 5.92 Å². The van der Waals surface area contributed by atoms with Gasteiger partial charge in [0.15, 0.2) is 0 Å². The Balaban J connectivity index is 1.37. The number of benzene rings is 3. The molecule has 1 saturated heterocycles. The molecule has 1 heterocycles. The summed E-state index contributed by atoms with van der Waals surface area (Å²) in [6, 6.07) is 21.0. The SMILES string of the molecule is Cc1ccc(Oc2ccc(NC(=O)[C@@H]3CC(=O)N(c4ccc(C)c(C)c4)C3)cc2)cc1. The second-order valence-electron chi connectivity index (χ2n) is 8.10. The van der Waals surface area contributed by atoms with E-state index in [4.69, 9.17) is 4.74 Å². The van der Waals surface area contributed by atoms with Crippen molar-refractivity contribution in [2.45, 2.75) is 27.2 Å². The molecule has 0 radical (unpaired) electrons. The summed E-state index contributed by atoms with van der Waals surface area (Å²) < 4.78 is 5.82. The number of nitrogens with zero attached hydrogens (tertiary/aromatic N) is 1. The molecule has 1 fully saturated rings. The average molecular weight is 415 g/mol. The summed E-state index contributed by atoms with van der Waals surface area (Å²) in [4.78, 5) is 27.0. The normalized spacial score (nSPS) is 15.8. The lowest BCUT2D eigenvalue weighted by Gasteiger charge is -2.18. The quantitative estimate of drug-likeness (QED) is 0.608. The highest BCUT2D eigenvalue weighted by Gasteiger charge is 2.35. The molecule has 158 valence electrons. The molecule has 3 aromatic carbocycles. The summed E-state index contributed by atoms with van der Waals surface area (Å²) in [6.45, 7) is 6.48. The van der Waals surface area contributed by atoms with Crippen molar-refractivity contribution in [1.29, 1.82) is 0 Å². The van der Waals surface area contributed by atoms with Gasteiger partial charge >= 0.3 is 0 Å². The summed E-state index contributed by atoms with van der Waals surface area (Å²) in [5.74, 6) is 0.909. The zero-order valence-corrected chi connectivity index (χ0v) is 18.0. The monoisotopic (exact) mass is 414 g/mol. The van der Waals surface area contributed by atoms with Gasteiger partial charge in [-0.05, 0) is 80.4 Å². The van der Waals surface area contributed by atoms with Gasteiger partial charge in [-0.15, -0.1) is 0 Å². The number of ether oxygens (including phenoxy) is 1. The Kier molecular flexibility index (Phi) is 5.76. The van der Waals surface area contributed by atoms with Crippen LogP contribution in [-0.2, 0) is 9.59 Å². The Bertz CT molecular complexity index is 1100. The third-order valence-corrected chi connectivity index (χ3v) is 5.68. The second kappa shape index (κ2) is 8.64. The Morgan fingerprint density at radius 3 is 2.19 bits per heavy atom. The van der Waals surface area contributed by atoms with Crippen LogP contribution in [0.1, 0.15) is 23.1 Å². The Morgan fingerprint density at radius 2 is 1.55 bits per heavy atom. The first kappa shape index (κ1) is 20.7. The number of carbonyl (C=O) groups excluding carboxylic acids is 2. The van der Waals surface area contributed by atoms with Crippen LogP contribution >= 0.6 is 0 Å². The molecule has 5 nitrogen and oxygen atoms in total. The van der Waals surface area contributed by atoms with Crippen molar-refractivity contribution >= 4 is 23.2 Å². The largest absolute Gasteiger partial charge is 0.457 e. The van der Waals surface area contributed by atoms with Crippen LogP contribution in [0.3, 0.4) is 0 Å². The topological polar surface area (TPSA) is 58.6 Å². The van der Waals surface area contributed by atoms with Crippen molar-refractivity contribution in [3.63, 3.8) is 0 Å². The van der Waals surface area contributed by atoms with E-state index in [9.17, 15) is 9.59 Å². The number of aryl methyl sites for hydroxylation is 3. The molecule has 0 aliphatic carbocycles. The molecule has 3 aromatic rings. The molecule has 5 heteroatoms. The first-order chi connectivity index (χ1) is 14.9. The molecular weight excluding hydrogens is 388 g/mol. The Labute approximate surface area is 182 Å². The minimum atomic E-state index is -0.377. The van der Waals surface area contributed by atoms with Gasteiger partial charge in [0.1, 0.15) is 11.5 Å². The fraction of sp³-hybridized carbons (Fsp3) is 0.231. The van der Waals surface area contributed by atoms with E-state index in [1.807, 2.05) is 75.4 Å². The maximum atomic E-state index is 12.7. The first-order valence-electron chi connectivity index (χ1n) is 10.4. The van der Waals surface area contributed by atoms with Crippen molar-refractivity contribution in [3.05, 3.63) is 83.4 Å². The van der Waals surface area contributed by atoms with Crippen molar-refractivity contribution in [3.8, 4) is 11.5 Å². The summed E-state index contributed by atoms with van der Waals surface area (Å²) in [5.41, 5.74) is 5.01. The number of anilines is 2. The maximum Gasteiger partial charge on any atom is 0.229 e. The number of hydrogen-bond donors (Lipinski definition) is 1. The number of nitrogens with one attached hydrogen (secondary N) is 1. The number of rotatable bonds is 5. The summed E-state index contributed by atoms with van der Waals surface area (Å²) in [5, 5.41) is 2.92. The number of carbonyl (C=O) groups is 2. The zero-order valence-electron chi connectivity index (χ0n) is 18.0. The molecule has 0 bridgehead atoms. The molecule has 1 N–H and O–H groups in total. The van der Waals surface area contributed by atoms with E-state index in [2.05, 4.69) is 5.32 Å². The standard InChI is InChI=1S/C26H26N2O3/c1-17-4-10-23(11-5-17)31-24-12-7-21(8-13-24)27-26(30)20-15-25(29)28(16-20)22-9-6-18(2)19(3)14-22/h4-14,20H,15-16H2,1-3H3,(H,27,30)/t20-/m1/s1. The van der Waals surface area contributed by atoms with Gasteiger partial charge in [-0.1, -0.05) is 23.8 Å². The van der Waals surface area contributed by atoms with Crippen LogP contribution in [0.15, 0.2) is 66.7 Å². The van der Waals surface area contributed by atoms with Crippen molar-refractivity contribution in [1.82, 2.24) is 0 Å². The van der Waals surface area contributed by atoms with Gasteiger partial charge in [0.05, 0.1) is 5.92 Å². The molecular formula is C26H26N2O3. The highest BCUT2D eigenvalue weighted by atomic mass is 16.5. The van der Waals surface area contributed by atoms with E-state index in [0.29, 0.717) is 18.0 Å². The molecule has 1 atom stereocenters. The number of amides is 2. The van der Waals surface area contributed by atoms with E-state index in [0.717, 1.165) is 17.0 Å². The minimum absolute atomic E-state index is 0.0229. The third kappa shape index (κ3) is 4.77. The molecule has 0 unspecified atom stereocenters. The first-order valence-corrected chi connectivity index (χ1v) is 10.4. The van der Waals surface area contributed by atoms with E-state index < -0.39 is 0 Å². The molecule has 1 aliphatic heterocycles. The molecule has 0 aromatic heterocycles. The minimum Gasteiger partial charge on any atom is -0.457 e. The zero-order chi connectivity index (χ0) is 22.0. The Morgan fingerprint density at radius 1 is 0.903 bits per heavy atom. The summed E-state index contributed by atoms with van der Waals surface area (Å²) in [7, 11) is 0. The van der Waals surface area contributed by atoms with Crippen LogP contribution in [0.5, 0.6) is 11.5 Å². The molecule has 0 saturated carbocycles. The van der Waals surface area contributed by atoms with Crippen LogP contribution in [0.25, 0.3) is 0 Å². The lowest BCUT2D eigenvalue weighted by Crippen LogP contribution is -2.28. The molecule has 31 heavy (non-hydrogen) atoms. The molecule has 4 rings (SSSR count). The van der Waals surface area contributed by atoms with Gasteiger partial charge in [0.25, 0.3) is 0 Å². The van der Waals surface area contributed by atoms with Crippen molar-refractivity contribution < 1.29 is 14.3 Å². The van der Waals surface area contributed by atoms with Crippen LogP contribution < -0.4 is 15.0 Å². The predicted molar refractivity (Wildman–Crippen MR) is 123 cm³/mol. The van der Waals surface area contributed by atoms with E-state index in [-0.39, 0.29) is 24.2 Å². The second-order valence-corrected chi connectivity index (χ2v) is 8.10. The smallest absolute Gasteiger partial charge is 0.229 e. The highest BCUT2D eigenvalue weighted by molar-refractivity contribution is 6.03. The molecule has 2 amide bonds. The van der Waals surface area contributed by atoms with Gasteiger partial charge in [0.2, 0.25) is 11.8 Å². The Hall–Kier alpha value is -3.60. The molecule has 0 spiro atoms. The fourth-order valence-corrected chi connectivity index (χ4v) is 3.62. The van der Waals surface area contributed by atoms with Crippen LogP contribution in [0.2, 0.25) is 0 Å². The summed E-state index contributed by atoms with van der Waals surface area (Å²) >= 11 is 0. The van der Waals surface area contributed by atoms with E-state index >= 15 is 0 Å². The highest BCUT2D eigenvalue weighted by Crippen LogP contribution is 2.28. The van der Waals surface area contributed by atoms with E-state index in [1.165, 1.54) is 11.1 Å². The predicted octanol–water partition coefficient (Wildman–Crippen LogP) is 5.40. The molecule has 1 aliphatic rings. The average Bonchev–Trinajstić information content (AvgIpc) is 3.15. The lowest BCUT2D eigenvalue weighted by atomic mass is 10.1. The van der Waals surface area contributed by atoms with Gasteiger partial charge in [-0.3, -0.25) is 9.59 Å². The van der Waals surface area contributed by atoms with Crippen molar-refractivity contribution in [2.75, 3.05) is 16.8 Å². The van der Waals surface area contributed by atoms with Crippen LogP contribution in [-0.4, -0.2) is 18.4 Å². The maximum absolute atomic E-state index is 12.7. The van der Waals surface area contributed by atoms with Gasteiger partial charge in [-0.2, -0.15) is 0 Å².